The number of nitro groups is 1. The van der Waals surface area contributed by atoms with Crippen LogP contribution in [0.25, 0.3) is 22.6 Å². The van der Waals surface area contributed by atoms with E-state index < -0.39 is 4.92 Å². The Labute approximate surface area is 114 Å². The van der Waals surface area contributed by atoms with Crippen molar-refractivity contribution in [2.75, 3.05) is 0 Å². The molecule has 2 N–H and O–H groups in total. The van der Waals surface area contributed by atoms with Gasteiger partial charge in [-0.3, -0.25) is 10.1 Å². The summed E-state index contributed by atoms with van der Waals surface area (Å²) in [6, 6.07) is 11.9. The van der Waals surface area contributed by atoms with Crippen molar-refractivity contribution < 1.29 is 9.34 Å². The van der Waals surface area contributed by atoms with Crippen LogP contribution in [-0.2, 0) is 6.54 Å². The van der Waals surface area contributed by atoms with Gasteiger partial charge in [-0.2, -0.15) is 0 Å². The Morgan fingerprint density at radius 1 is 1.20 bits per heavy atom. The van der Waals surface area contributed by atoms with Crippen molar-refractivity contribution in [1.29, 1.82) is 0 Å². The molecule has 2 aromatic carbocycles. The molecule has 1 heterocycles. The lowest BCUT2D eigenvalue weighted by Gasteiger charge is -1.97. The van der Waals surface area contributed by atoms with Crippen molar-refractivity contribution in [2.45, 2.75) is 6.54 Å². The number of hydrogen-bond acceptors (Lipinski definition) is 5. The molecule has 100 valence electrons. The van der Waals surface area contributed by atoms with Crippen molar-refractivity contribution in [3.63, 3.8) is 0 Å². The second-order valence-corrected chi connectivity index (χ2v) is 4.33. The molecule has 3 aromatic rings. The van der Waals surface area contributed by atoms with Crippen molar-refractivity contribution in [3.8, 4) is 11.5 Å². The summed E-state index contributed by atoms with van der Waals surface area (Å²) in [5, 5.41) is 10.7. The van der Waals surface area contributed by atoms with Gasteiger partial charge in [-0.15, -0.1) is 0 Å². The number of fused-ring (bicyclic) bond motifs is 1. The third-order valence-corrected chi connectivity index (χ3v) is 3.02. The summed E-state index contributed by atoms with van der Waals surface area (Å²) >= 11 is 0. The monoisotopic (exact) mass is 269 g/mol. The zero-order valence-corrected chi connectivity index (χ0v) is 10.4. The minimum Gasteiger partial charge on any atom is -0.436 e. The van der Waals surface area contributed by atoms with Gasteiger partial charge in [0.2, 0.25) is 5.89 Å². The fraction of sp³-hybridized carbons (Fsp3) is 0.0714. The van der Waals surface area contributed by atoms with Gasteiger partial charge in [-0.1, -0.05) is 12.1 Å². The van der Waals surface area contributed by atoms with E-state index in [0.29, 0.717) is 23.5 Å². The largest absolute Gasteiger partial charge is 0.436 e. The molecule has 0 radical (unpaired) electrons. The maximum atomic E-state index is 10.7. The zero-order valence-electron chi connectivity index (χ0n) is 10.4. The summed E-state index contributed by atoms with van der Waals surface area (Å²) < 4.78 is 5.57. The highest BCUT2D eigenvalue weighted by molar-refractivity contribution is 5.78. The molecule has 0 aliphatic carbocycles. The normalized spacial score (nSPS) is 10.8. The van der Waals surface area contributed by atoms with Gasteiger partial charge < -0.3 is 10.2 Å². The highest BCUT2D eigenvalue weighted by Crippen LogP contribution is 2.27. The molecule has 0 saturated heterocycles. The number of oxazole rings is 1. The topological polar surface area (TPSA) is 95.2 Å². The molecule has 0 bridgehead atoms. The summed E-state index contributed by atoms with van der Waals surface area (Å²) in [7, 11) is 0. The predicted octanol–water partition coefficient (Wildman–Crippen LogP) is 2.86. The Hall–Kier alpha value is -2.73. The molecular weight excluding hydrogens is 258 g/mol. The standard InChI is InChI=1S/C14H11N3O3/c15-8-9-1-3-10(4-2-9)14-16-12-6-5-11(17(18)19)7-13(12)20-14/h1-7H,8,15H2. The van der Waals surface area contributed by atoms with E-state index in [2.05, 4.69) is 4.98 Å². The van der Waals surface area contributed by atoms with E-state index in [1.165, 1.54) is 12.1 Å². The summed E-state index contributed by atoms with van der Waals surface area (Å²) in [5.41, 5.74) is 8.34. The highest BCUT2D eigenvalue weighted by Gasteiger charge is 2.12. The van der Waals surface area contributed by atoms with Gasteiger partial charge in [-0.25, -0.2) is 4.98 Å². The first-order chi connectivity index (χ1) is 9.67. The fourth-order valence-electron chi connectivity index (χ4n) is 1.93. The van der Waals surface area contributed by atoms with Crippen LogP contribution in [0, 0.1) is 10.1 Å². The van der Waals surface area contributed by atoms with Gasteiger partial charge in [0.1, 0.15) is 5.52 Å². The van der Waals surface area contributed by atoms with E-state index in [1.807, 2.05) is 24.3 Å². The smallest absolute Gasteiger partial charge is 0.273 e. The Morgan fingerprint density at radius 3 is 2.60 bits per heavy atom. The number of nitrogens with two attached hydrogens (primary N) is 1. The lowest BCUT2D eigenvalue weighted by atomic mass is 10.1. The lowest BCUT2D eigenvalue weighted by molar-refractivity contribution is -0.384. The van der Waals surface area contributed by atoms with E-state index in [4.69, 9.17) is 10.2 Å². The lowest BCUT2D eigenvalue weighted by Crippen LogP contribution is -1.95. The highest BCUT2D eigenvalue weighted by atomic mass is 16.6. The van der Waals surface area contributed by atoms with Gasteiger partial charge in [0, 0.05) is 18.2 Å². The van der Waals surface area contributed by atoms with E-state index >= 15 is 0 Å². The Morgan fingerprint density at radius 2 is 1.95 bits per heavy atom. The minimum atomic E-state index is -0.461. The number of rotatable bonds is 3. The van der Waals surface area contributed by atoms with Crippen LogP contribution >= 0.6 is 0 Å². The molecule has 3 rings (SSSR count). The molecule has 0 aliphatic heterocycles. The molecule has 0 unspecified atom stereocenters. The van der Waals surface area contributed by atoms with Gasteiger partial charge >= 0.3 is 0 Å². The molecule has 0 aliphatic rings. The van der Waals surface area contributed by atoms with Crippen LogP contribution in [-0.4, -0.2) is 9.91 Å². The van der Waals surface area contributed by atoms with Crippen molar-refractivity contribution in [2.24, 2.45) is 5.73 Å². The quantitative estimate of drug-likeness (QED) is 0.582. The molecule has 0 atom stereocenters. The number of hydrogen-bond donors (Lipinski definition) is 1. The van der Waals surface area contributed by atoms with E-state index in [9.17, 15) is 10.1 Å². The Kier molecular flexibility index (Phi) is 2.92. The Bertz CT molecular complexity index is 778. The number of benzene rings is 2. The second-order valence-electron chi connectivity index (χ2n) is 4.33. The van der Waals surface area contributed by atoms with Crippen LogP contribution in [0.4, 0.5) is 5.69 Å². The molecule has 0 saturated carbocycles. The van der Waals surface area contributed by atoms with Crippen LogP contribution in [0.5, 0.6) is 0 Å². The number of aromatic nitrogens is 1. The number of non-ortho nitro benzene ring substituents is 1. The van der Waals surface area contributed by atoms with Crippen LogP contribution in [0.3, 0.4) is 0 Å². The Balaban J connectivity index is 2.05. The maximum Gasteiger partial charge on any atom is 0.273 e. The molecule has 6 heteroatoms. The SMILES string of the molecule is NCc1ccc(-c2nc3ccc([N+](=O)[O-])cc3o2)cc1. The third kappa shape index (κ3) is 2.12. The minimum absolute atomic E-state index is 0.0151. The summed E-state index contributed by atoms with van der Waals surface area (Å²) in [5.74, 6) is 0.434. The number of nitro benzene ring substituents is 1. The van der Waals surface area contributed by atoms with Gasteiger partial charge in [-0.05, 0) is 23.8 Å². The van der Waals surface area contributed by atoms with Crippen molar-refractivity contribution in [3.05, 3.63) is 58.1 Å². The maximum absolute atomic E-state index is 10.7. The fourth-order valence-corrected chi connectivity index (χ4v) is 1.93. The first kappa shape index (κ1) is 12.3. The second kappa shape index (κ2) is 4.75. The summed E-state index contributed by atoms with van der Waals surface area (Å²) in [6.07, 6.45) is 0. The summed E-state index contributed by atoms with van der Waals surface area (Å²) in [4.78, 5) is 14.6. The molecule has 0 spiro atoms. The van der Waals surface area contributed by atoms with E-state index in [0.717, 1.165) is 11.1 Å². The first-order valence-corrected chi connectivity index (χ1v) is 6.02. The predicted molar refractivity (Wildman–Crippen MR) is 74.0 cm³/mol. The number of nitrogens with zero attached hydrogens (tertiary/aromatic N) is 2. The van der Waals surface area contributed by atoms with E-state index in [-0.39, 0.29) is 5.69 Å². The third-order valence-electron chi connectivity index (χ3n) is 3.02. The molecule has 6 nitrogen and oxygen atoms in total. The van der Waals surface area contributed by atoms with E-state index in [1.54, 1.807) is 6.07 Å². The van der Waals surface area contributed by atoms with Crippen LogP contribution in [0.1, 0.15) is 5.56 Å². The van der Waals surface area contributed by atoms with Crippen molar-refractivity contribution in [1.82, 2.24) is 4.98 Å². The molecule has 20 heavy (non-hydrogen) atoms. The molecular formula is C14H11N3O3. The average Bonchev–Trinajstić information content (AvgIpc) is 2.90. The van der Waals surface area contributed by atoms with Crippen LogP contribution < -0.4 is 5.73 Å². The van der Waals surface area contributed by atoms with Gasteiger partial charge in [0.25, 0.3) is 5.69 Å². The molecule has 0 amide bonds. The van der Waals surface area contributed by atoms with Gasteiger partial charge in [0.05, 0.1) is 11.0 Å². The molecule has 1 aromatic heterocycles. The van der Waals surface area contributed by atoms with Crippen LogP contribution in [0.15, 0.2) is 46.9 Å². The van der Waals surface area contributed by atoms with Crippen molar-refractivity contribution >= 4 is 16.8 Å². The molecule has 0 fully saturated rings. The average molecular weight is 269 g/mol. The van der Waals surface area contributed by atoms with Crippen LogP contribution in [0.2, 0.25) is 0 Å². The van der Waals surface area contributed by atoms with Gasteiger partial charge in [0.15, 0.2) is 5.58 Å². The zero-order chi connectivity index (χ0) is 14.1. The first-order valence-electron chi connectivity index (χ1n) is 6.02. The summed E-state index contributed by atoms with van der Waals surface area (Å²) in [6.45, 7) is 0.472.